The molecular formula is C19H18BrCl2N3O2. The maximum absolute atomic E-state index is 12.7. The summed E-state index contributed by atoms with van der Waals surface area (Å²) in [7, 11) is 0. The summed E-state index contributed by atoms with van der Waals surface area (Å²) >= 11 is 16.0. The van der Waals surface area contributed by atoms with Gasteiger partial charge in [0.05, 0.1) is 27.0 Å². The Morgan fingerprint density at radius 2 is 1.74 bits per heavy atom. The van der Waals surface area contributed by atoms with Gasteiger partial charge in [-0.2, -0.15) is 0 Å². The van der Waals surface area contributed by atoms with Crippen molar-refractivity contribution in [3.05, 3.63) is 56.5 Å². The van der Waals surface area contributed by atoms with E-state index in [4.69, 9.17) is 23.2 Å². The number of hydrogen-bond donors (Lipinski definition) is 1. The summed E-state index contributed by atoms with van der Waals surface area (Å²) in [4.78, 5) is 28.2. The lowest BCUT2D eigenvalue weighted by Gasteiger charge is -2.37. The molecule has 1 aliphatic heterocycles. The average Bonchev–Trinajstić information content (AvgIpc) is 2.64. The lowest BCUT2D eigenvalue weighted by molar-refractivity contribution is -0.129. The van der Waals surface area contributed by atoms with E-state index in [9.17, 15) is 9.59 Å². The van der Waals surface area contributed by atoms with Crippen molar-refractivity contribution in [2.75, 3.05) is 36.4 Å². The number of para-hydroxylation sites is 1. The van der Waals surface area contributed by atoms with Crippen LogP contribution in [0, 0.1) is 0 Å². The van der Waals surface area contributed by atoms with Gasteiger partial charge in [0, 0.05) is 37.6 Å². The molecule has 0 spiro atoms. The molecule has 2 amide bonds. The van der Waals surface area contributed by atoms with Crippen LogP contribution in [0.3, 0.4) is 0 Å². The van der Waals surface area contributed by atoms with E-state index in [0.29, 0.717) is 47.5 Å². The van der Waals surface area contributed by atoms with Gasteiger partial charge in [-0.1, -0.05) is 45.2 Å². The zero-order valence-corrected chi connectivity index (χ0v) is 17.7. The van der Waals surface area contributed by atoms with E-state index in [-0.39, 0.29) is 11.8 Å². The first-order valence-electron chi connectivity index (χ1n) is 8.42. The first-order valence-corrected chi connectivity index (χ1v) is 9.97. The largest absolute Gasteiger partial charge is 0.365 e. The summed E-state index contributed by atoms with van der Waals surface area (Å²) in [6.45, 7) is 4.09. The standard InChI is InChI=1S/C19H18BrCl2N3O2/c1-12(26)24-7-9-25(10-8-24)18-16(22)3-2-4-17(18)23-19(27)14-11-13(20)5-6-15(14)21/h2-6,11H,7-10H2,1H3,(H,23,27). The van der Waals surface area contributed by atoms with Crippen LogP contribution in [-0.4, -0.2) is 42.9 Å². The lowest BCUT2D eigenvalue weighted by Crippen LogP contribution is -2.48. The number of carbonyl (C=O) groups is 2. The Morgan fingerprint density at radius 3 is 2.41 bits per heavy atom. The minimum absolute atomic E-state index is 0.0617. The number of hydrogen-bond acceptors (Lipinski definition) is 3. The van der Waals surface area contributed by atoms with Crippen molar-refractivity contribution >= 4 is 62.3 Å². The molecule has 27 heavy (non-hydrogen) atoms. The fourth-order valence-corrected chi connectivity index (χ4v) is 3.90. The highest BCUT2D eigenvalue weighted by molar-refractivity contribution is 9.10. The van der Waals surface area contributed by atoms with E-state index >= 15 is 0 Å². The molecule has 142 valence electrons. The fourth-order valence-electron chi connectivity index (χ4n) is 3.04. The minimum Gasteiger partial charge on any atom is -0.365 e. The highest BCUT2D eigenvalue weighted by Crippen LogP contribution is 2.35. The van der Waals surface area contributed by atoms with Crippen LogP contribution in [0.15, 0.2) is 40.9 Å². The molecule has 0 saturated carbocycles. The third-order valence-corrected chi connectivity index (χ3v) is 5.58. The molecule has 8 heteroatoms. The third-order valence-electron chi connectivity index (χ3n) is 4.45. The van der Waals surface area contributed by atoms with Gasteiger partial charge in [0.25, 0.3) is 5.91 Å². The summed E-state index contributed by atoms with van der Waals surface area (Å²) in [5.41, 5.74) is 1.74. The number of nitrogens with one attached hydrogen (secondary N) is 1. The first kappa shape index (κ1) is 20.0. The molecule has 0 aromatic heterocycles. The Kier molecular flexibility index (Phi) is 6.29. The van der Waals surface area contributed by atoms with E-state index in [1.54, 1.807) is 42.2 Å². The Bertz CT molecular complexity index is 883. The van der Waals surface area contributed by atoms with Crippen LogP contribution >= 0.6 is 39.1 Å². The van der Waals surface area contributed by atoms with Crippen LogP contribution in [0.1, 0.15) is 17.3 Å². The number of rotatable bonds is 3. The molecule has 1 fully saturated rings. The van der Waals surface area contributed by atoms with Crippen LogP contribution in [0.4, 0.5) is 11.4 Å². The van der Waals surface area contributed by atoms with Gasteiger partial charge in [0.1, 0.15) is 0 Å². The van der Waals surface area contributed by atoms with Crippen molar-refractivity contribution in [1.82, 2.24) is 4.90 Å². The number of nitrogens with zero attached hydrogens (tertiary/aromatic N) is 2. The minimum atomic E-state index is -0.313. The monoisotopic (exact) mass is 469 g/mol. The average molecular weight is 471 g/mol. The van der Waals surface area contributed by atoms with Crippen LogP contribution in [0.25, 0.3) is 0 Å². The molecule has 0 radical (unpaired) electrons. The fraction of sp³-hybridized carbons (Fsp3) is 0.263. The lowest BCUT2D eigenvalue weighted by atomic mass is 10.1. The molecule has 0 atom stereocenters. The molecule has 1 aliphatic rings. The highest BCUT2D eigenvalue weighted by atomic mass is 79.9. The van der Waals surface area contributed by atoms with Crippen molar-refractivity contribution in [3.63, 3.8) is 0 Å². The Balaban J connectivity index is 1.85. The molecule has 2 aromatic carbocycles. The molecule has 3 rings (SSSR count). The Hall–Kier alpha value is -1.76. The number of anilines is 2. The van der Waals surface area contributed by atoms with Crippen molar-refractivity contribution < 1.29 is 9.59 Å². The second-order valence-corrected chi connectivity index (χ2v) is 7.94. The molecule has 5 nitrogen and oxygen atoms in total. The van der Waals surface area contributed by atoms with Crippen LogP contribution < -0.4 is 10.2 Å². The van der Waals surface area contributed by atoms with Crippen LogP contribution in [0.2, 0.25) is 10.0 Å². The van der Waals surface area contributed by atoms with Gasteiger partial charge in [-0.05, 0) is 30.3 Å². The summed E-state index contributed by atoms with van der Waals surface area (Å²) in [5, 5.41) is 3.83. The quantitative estimate of drug-likeness (QED) is 0.708. The summed E-state index contributed by atoms with van der Waals surface area (Å²) in [5.74, 6) is -0.251. The molecular weight excluding hydrogens is 453 g/mol. The van der Waals surface area contributed by atoms with Gasteiger partial charge in [-0.3, -0.25) is 9.59 Å². The SMILES string of the molecule is CC(=O)N1CCN(c2c(Cl)cccc2NC(=O)c2cc(Br)ccc2Cl)CC1. The predicted octanol–water partition coefficient (Wildman–Crippen LogP) is 4.68. The van der Waals surface area contributed by atoms with Gasteiger partial charge in [0.2, 0.25) is 5.91 Å². The van der Waals surface area contributed by atoms with Crippen LogP contribution in [0.5, 0.6) is 0 Å². The normalized spacial score (nSPS) is 14.2. The van der Waals surface area contributed by atoms with E-state index < -0.39 is 0 Å². The van der Waals surface area contributed by atoms with Crippen molar-refractivity contribution in [2.45, 2.75) is 6.92 Å². The van der Waals surface area contributed by atoms with E-state index in [2.05, 4.69) is 26.1 Å². The van der Waals surface area contributed by atoms with Gasteiger partial charge in [0.15, 0.2) is 0 Å². The van der Waals surface area contributed by atoms with E-state index in [0.717, 1.165) is 10.2 Å². The number of benzene rings is 2. The second kappa shape index (κ2) is 8.50. The summed E-state index contributed by atoms with van der Waals surface area (Å²) in [6.07, 6.45) is 0. The van der Waals surface area contributed by atoms with E-state index in [1.807, 2.05) is 6.07 Å². The molecule has 0 unspecified atom stereocenters. The van der Waals surface area contributed by atoms with Crippen molar-refractivity contribution in [1.29, 1.82) is 0 Å². The topological polar surface area (TPSA) is 52.7 Å². The predicted molar refractivity (Wildman–Crippen MR) is 113 cm³/mol. The van der Waals surface area contributed by atoms with Gasteiger partial charge in [-0.15, -0.1) is 0 Å². The highest BCUT2D eigenvalue weighted by Gasteiger charge is 2.23. The first-order chi connectivity index (χ1) is 12.9. The zero-order chi connectivity index (χ0) is 19.6. The molecule has 0 aliphatic carbocycles. The maximum Gasteiger partial charge on any atom is 0.257 e. The smallest absolute Gasteiger partial charge is 0.257 e. The second-order valence-electron chi connectivity index (χ2n) is 6.21. The number of halogens is 3. The molecule has 2 aromatic rings. The van der Waals surface area contributed by atoms with Gasteiger partial charge < -0.3 is 15.1 Å². The Labute approximate surface area is 176 Å². The molecule has 0 bridgehead atoms. The van der Waals surface area contributed by atoms with Gasteiger partial charge >= 0.3 is 0 Å². The van der Waals surface area contributed by atoms with E-state index in [1.165, 1.54) is 0 Å². The van der Waals surface area contributed by atoms with Crippen LogP contribution in [-0.2, 0) is 4.79 Å². The molecule has 1 saturated heterocycles. The molecule has 1 N–H and O–H groups in total. The van der Waals surface area contributed by atoms with Crippen molar-refractivity contribution in [2.24, 2.45) is 0 Å². The maximum atomic E-state index is 12.7. The third kappa shape index (κ3) is 4.57. The number of amides is 2. The summed E-state index contributed by atoms with van der Waals surface area (Å²) < 4.78 is 0.767. The van der Waals surface area contributed by atoms with Crippen molar-refractivity contribution in [3.8, 4) is 0 Å². The Morgan fingerprint density at radius 1 is 1.04 bits per heavy atom. The number of piperazine rings is 1. The van der Waals surface area contributed by atoms with Gasteiger partial charge in [-0.25, -0.2) is 0 Å². The summed E-state index contributed by atoms with van der Waals surface area (Å²) in [6, 6.07) is 10.5. The molecule has 1 heterocycles. The zero-order valence-electron chi connectivity index (χ0n) is 14.6. The number of carbonyl (C=O) groups excluding carboxylic acids is 2.